The van der Waals surface area contributed by atoms with Crippen LogP contribution in [0.5, 0.6) is 0 Å². The van der Waals surface area contributed by atoms with Crippen LogP contribution in [0.3, 0.4) is 0 Å². The molecule has 0 spiro atoms. The maximum absolute atomic E-state index is 8.72. The fourth-order valence-corrected chi connectivity index (χ4v) is 1.67. The molecule has 0 saturated heterocycles. The highest BCUT2D eigenvalue weighted by Crippen LogP contribution is 2.24. The van der Waals surface area contributed by atoms with Crippen LogP contribution < -0.4 is 5.32 Å². The third kappa shape index (κ3) is 3.87. The van der Waals surface area contributed by atoms with E-state index < -0.39 is 0 Å². The fraction of sp³-hybridized carbons (Fsp3) is 0.533. The Bertz CT molecular complexity index is 422. The zero-order valence-electron chi connectivity index (χ0n) is 11.5. The number of nitrogens with zero attached hydrogens (tertiary/aromatic N) is 1. The molecule has 1 unspecified atom stereocenters. The van der Waals surface area contributed by atoms with E-state index in [0.717, 1.165) is 6.54 Å². The van der Waals surface area contributed by atoms with Crippen LogP contribution >= 0.6 is 0 Å². The molecule has 1 rings (SSSR count). The normalized spacial score (nSPS) is 13.2. The molecule has 0 fully saturated rings. The Labute approximate surface area is 105 Å². The molecule has 2 heteroatoms. The van der Waals surface area contributed by atoms with E-state index in [2.05, 4.69) is 57.3 Å². The van der Waals surface area contributed by atoms with E-state index in [9.17, 15) is 0 Å². The molecular formula is C15H22N2. The molecule has 0 bridgehead atoms. The first-order valence-corrected chi connectivity index (χ1v) is 6.07. The third-order valence-corrected chi connectivity index (χ3v) is 3.00. The molecule has 0 heterocycles. The summed E-state index contributed by atoms with van der Waals surface area (Å²) in [5, 5.41) is 11.9. The maximum atomic E-state index is 8.72. The number of hydrogen-bond acceptors (Lipinski definition) is 2. The minimum atomic E-state index is -0.100. The summed E-state index contributed by atoms with van der Waals surface area (Å²) in [6.45, 7) is 11.4. The minimum absolute atomic E-state index is 0.100. The number of nitrogens with one attached hydrogen (secondary N) is 1. The molecule has 0 aliphatic heterocycles. The van der Waals surface area contributed by atoms with Crippen LogP contribution in [0.4, 0.5) is 0 Å². The van der Waals surface area contributed by atoms with Gasteiger partial charge in [-0.3, -0.25) is 5.32 Å². The lowest BCUT2D eigenvalue weighted by Crippen LogP contribution is -2.24. The monoisotopic (exact) mass is 230 g/mol. The maximum Gasteiger partial charge on any atom is 0.0927 e. The van der Waals surface area contributed by atoms with Gasteiger partial charge < -0.3 is 0 Å². The van der Waals surface area contributed by atoms with Crippen molar-refractivity contribution in [2.24, 2.45) is 0 Å². The van der Waals surface area contributed by atoms with Crippen molar-refractivity contribution in [3.63, 3.8) is 0 Å². The molecule has 0 radical (unpaired) electrons. The quantitative estimate of drug-likeness (QED) is 0.865. The van der Waals surface area contributed by atoms with Gasteiger partial charge in [-0.2, -0.15) is 5.26 Å². The summed E-state index contributed by atoms with van der Waals surface area (Å²) in [7, 11) is 0. The Kier molecular flexibility index (Phi) is 4.31. The van der Waals surface area contributed by atoms with Gasteiger partial charge >= 0.3 is 0 Å². The van der Waals surface area contributed by atoms with E-state index in [1.807, 2.05) is 6.92 Å². The summed E-state index contributed by atoms with van der Waals surface area (Å²) in [5.41, 5.74) is 4.10. The summed E-state index contributed by atoms with van der Waals surface area (Å²) in [6.07, 6.45) is 0. The lowest BCUT2D eigenvalue weighted by molar-refractivity contribution is 0.588. The van der Waals surface area contributed by atoms with Crippen LogP contribution in [0.25, 0.3) is 0 Å². The number of aryl methyl sites for hydroxylation is 1. The molecule has 1 aromatic rings. The van der Waals surface area contributed by atoms with Crippen molar-refractivity contribution in [3.05, 3.63) is 34.9 Å². The Morgan fingerprint density at radius 1 is 1.35 bits per heavy atom. The lowest BCUT2D eigenvalue weighted by atomic mass is 9.85. The Balaban J connectivity index is 2.81. The van der Waals surface area contributed by atoms with Crippen LogP contribution in [0, 0.1) is 18.3 Å². The van der Waals surface area contributed by atoms with E-state index in [0.29, 0.717) is 0 Å². The average Bonchev–Trinajstić information content (AvgIpc) is 2.25. The molecule has 2 nitrogen and oxygen atoms in total. The van der Waals surface area contributed by atoms with Crippen molar-refractivity contribution in [3.8, 4) is 6.07 Å². The van der Waals surface area contributed by atoms with Crippen LogP contribution in [-0.2, 0) is 12.0 Å². The number of rotatable bonds is 3. The average molecular weight is 230 g/mol. The Morgan fingerprint density at radius 2 is 2.00 bits per heavy atom. The Morgan fingerprint density at radius 3 is 2.47 bits per heavy atom. The smallest absolute Gasteiger partial charge is 0.0927 e. The summed E-state index contributed by atoms with van der Waals surface area (Å²) >= 11 is 0. The van der Waals surface area contributed by atoms with E-state index in [4.69, 9.17) is 5.26 Å². The SMILES string of the molecule is Cc1cc(C(C)(C)C)ccc1CNC(C)C#N. The standard InChI is InChI=1S/C15H22N2/c1-11-8-14(15(3,4)5)7-6-13(11)10-17-12(2)9-16/h6-8,12,17H,10H2,1-5H3. The van der Waals surface area contributed by atoms with E-state index in [1.165, 1.54) is 16.7 Å². The number of hydrogen-bond donors (Lipinski definition) is 1. The molecule has 92 valence electrons. The topological polar surface area (TPSA) is 35.8 Å². The van der Waals surface area contributed by atoms with Gasteiger partial charge in [-0.25, -0.2) is 0 Å². The molecule has 0 aromatic heterocycles. The minimum Gasteiger partial charge on any atom is -0.298 e. The van der Waals surface area contributed by atoms with Gasteiger partial charge in [0.2, 0.25) is 0 Å². The van der Waals surface area contributed by atoms with E-state index in [-0.39, 0.29) is 11.5 Å². The summed E-state index contributed by atoms with van der Waals surface area (Å²) in [6, 6.07) is 8.66. The van der Waals surface area contributed by atoms with Crippen molar-refractivity contribution < 1.29 is 0 Å². The first-order valence-electron chi connectivity index (χ1n) is 6.07. The second-order valence-electron chi connectivity index (χ2n) is 5.62. The van der Waals surface area contributed by atoms with Gasteiger partial charge in [0.25, 0.3) is 0 Å². The third-order valence-electron chi connectivity index (χ3n) is 3.00. The second-order valence-corrected chi connectivity index (χ2v) is 5.62. The molecular weight excluding hydrogens is 208 g/mol. The van der Waals surface area contributed by atoms with Crippen LogP contribution in [0.1, 0.15) is 44.4 Å². The highest BCUT2D eigenvalue weighted by molar-refractivity contribution is 5.34. The lowest BCUT2D eigenvalue weighted by Gasteiger charge is -2.20. The molecule has 0 saturated carbocycles. The fourth-order valence-electron chi connectivity index (χ4n) is 1.67. The van der Waals surface area contributed by atoms with Crippen molar-refractivity contribution in [1.29, 1.82) is 5.26 Å². The molecule has 17 heavy (non-hydrogen) atoms. The van der Waals surface area contributed by atoms with E-state index >= 15 is 0 Å². The highest BCUT2D eigenvalue weighted by atomic mass is 14.9. The number of nitriles is 1. The predicted octanol–water partition coefficient (Wildman–Crippen LogP) is 3.29. The van der Waals surface area contributed by atoms with Crippen molar-refractivity contribution >= 4 is 0 Å². The van der Waals surface area contributed by atoms with Crippen molar-refractivity contribution in [1.82, 2.24) is 5.32 Å². The van der Waals surface area contributed by atoms with Gasteiger partial charge in [-0.15, -0.1) is 0 Å². The summed E-state index contributed by atoms with van der Waals surface area (Å²) in [5.74, 6) is 0. The van der Waals surface area contributed by atoms with Crippen molar-refractivity contribution in [2.75, 3.05) is 0 Å². The van der Waals surface area contributed by atoms with Gasteiger partial charge in [0.05, 0.1) is 12.1 Å². The van der Waals surface area contributed by atoms with Gasteiger partial charge in [-0.05, 0) is 36.0 Å². The zero-order valence-corrected chi connectivity index (χ0v) is 11.5. The predicted molar refractivity (Wildman–Crippen MR) is 71.8 cm³/mol. The Hall–Kier alpha value is -1.33. The van der Waals surface area contributed by atoms with Crippen LogP contribution in [0.2, 0.25) is 0 Å². The molecule has 0 amide bonds. The molecule has 1 atom stereocenters. The largest absolute Gasteiger partial charge is 0.298 e. The molecule has 1 N–H and O–H groups in total. The van der Waals surface area contributed by atoms with Crippen LogP contribution in [-0.4, -0.2) is 6.04 Å². The van der Waals surface area contributed by atoms with Crippen molar-refractivity contribution in [2.45, 2.75) is 52.6 Å². The molecule has 0 aliphatic rings. The first-order chi connectivity index (χ1) is 7.84. The molecule has 0 aliphatic carbocycles. The number of benzene rings is 1. The highest BCUT2D eigenvalue weighted by Gasteiger charge is 2.14. The summed E-state index contributed by atoms with van der Waals surface area (Å²) in [4.78, 5) is 0. The van der Waals surface area contributed by atoms with Gasteiger partial charge in [0, 0.05) is 6.54 Å². The molecule has 1 aromatic carbocycles. The summed E-state index contributed by atoms with van der Waals surface area (Å²) < 4.78 is 0. The van der Waals surface area contributed by atoms with Crippen LogP contribution in [0.15, 0.2) is 18.2 Å². The second kappa shape index (κ2) is 5.33. The van der Waals surface area contributed by atoms with Gasteiger partial charge in [-0.1, -0.05) is 39.0 Å². The van der Waals surface area contributed by atoms with Gasteiger partial charge in [0.15, 0.2) is 0 Å². The van der Waals surface area contributed by atoms with E-state index in [1.54, 1.807) is 0 Å². The first kappa shape index (κ1) is 13.7. The van der Waals surface area contributed by atoms with Gasteiger partial charge in [0.1, 0.15) is 0 Å². The zero-order chi connectivity index (χ0) is 13.1.